The molecule has 9 heteroatoms. The lowest BCUT2D eigenvalue weighted by Gasteiger charge is -2.13. The van der Waals surface area contributed by atoms with Crippen molar-refractivity contribution in [2.75, 3.05) is 12.3 Å². The van der Waals surface area contributed by atoms with Gasteiger partial charge >= 0.3 is 5.97 Å². The van der Waals surface area contributed by atoms with Gasteiger partial charge in [0.15, 0.2) is 0 Å². The van der Waals surface area contributed by atoms with Gasteiger partial charge in [0.2, 0.25) is 0 Å². The van der Waals surface area contributed by atoms with Crippen molar-refractivity contribution in [1.29, 1.82) is 0 Å². The van der Waals surface area contributed by atoms with Crippen molar-refractivity contribution in [1.82, 2.24) is 9.88 Å². The van der Waals surface area contributed by atoms with Crippen molar-refractivity contribution < 1.29 is 23.5 Å². The van der Waals surface area contributed by atoms with Crippen molar-refractivity contribution in [3.8, 4) is 5.69 Å². The highest BCUT2D eigenvalue weighted by atomic mass is 19.1. The zero-order chi connectivity index (χ0) is 19.0. The number of rotatable bonds is 4. The molecule has 1 aliphatic heterocycles. The number of carbonyl (C=O) groups excluding carboxylic acids is 3. The maximum Gasteiger partial charge on any atom is 0.338 e. The maximum absolute atomic E-state index is 14.5. The molecule has 0 aliphatic carbocycles. The lowest BCUT2D eigenvalue weighted by Crippen LogP contribution is -2.25. The third-order valence-electron chi connectivity index (χ3n) is 3.71. The molecule has 3 N–H and O–H groups in total. The second-order valence-corrected chi connectivity index (χ2v) is 5.33. The van der Waals surface area contributed by atoms with Gasteiger partial charge in [0.1, 0.15) is 18.2 Å². The fourth-order valence-electron chi connectivity index (χ4n) is 2.56. The Hall–Kier alpha value is -3.75. The smallest absolute Gasteiger partial charge is 0.338 e. The molecule has 0 bridgehead atoms. The van der Waals surface area contributed by atoms with Crippen LogP contribution in [0.15, 0.2) is 41.7 Å². The molecule has 0 saturated heterocycles. The number of pyridine rings is 1. The molecule has 0 radical (unpaired) electrons. The first-order chi connectivity index (χ1) is 12.3. The highest BCUT2D eigenvalue weighted by Gasteiger charge is 2.32. The topological polar surface area (TPSA) is 120 Å². The summed E-state index contributed by atoms with van der Waals surface area (Å²) < 4.78 is 20.1. The van der Waals surface area contributed by atoms with Gasteiger partial charge in [-0.1, -0.05) is 12.7 Å². The Morgan fingerprint density at radius 2 is 2.00 bits per heavy atom. The molecule has 1 aliphatic rings. The van der Waals surface area contributed by atoms with E-state index in [0.717, 1.165) is 22.8 Å². The van der Waals surface area contributed by atoms with Crippen molar-refractivity contribution >= 4 is 23.6 Å². The second kappa shape index (κ2) is 6.28. The van der Waals surface area contributed by atoms with Crippen LogP contribution in [0, 0.1) is 5.82 Å². The number of anilines is 1. The Balaban J connectivity index is 2.11. The fourth-order valence-corrected chi connectivity index (χ4v) is 2.56. The first kappa shape index (κ1) is 17.1. The van der Waals surface area contributed by atoms with Crippen LogP contribution in [0.25, 0.3) is 5.69 Å². The quantitative estimate of drug-likeness (QED) is 0.474. The number of amides is 2. The Morgan fingerprint density at radius 3 is 2.65 bits per heavy atom. The Labute approximate surface area is 145 Å². The molecule has 2 amide bonds. The van der Waals surface area contributed by atoms with Gasteiger partial charge in [-0.3, -0.25) is 24.3 Å². The van der Waals surface area contributed by atoms with Crippen LogP contribution in [0.1, 0.15) is 31.1 Å². The van der Waals surface area contributed by atoms with E-state index in [-0.39, 0.29) is 34.8 Å². The minimum absolute atomic E-state index is 0.0391. The van der Waals surface area contributed by atoms with Crippen LogP contribution in [0.3, 0.4) is 0 Å². The number of ether oxygens (including phenoxy) is 1. The number of fused-ring (bicyclic) bond motifs is 1. The summed E-state index contributed by atoms with van der Waals surface area (Å²) >= 11 is 0. The molecule has 0 atom stereocenters. The van der Waals surface area contributed by atoms with Crippen LogP contribution >= 0.6 is 0 Å². The van der Waals surface area contributed by atoms with Gasteiger partial charge in [-0.05, 0) is 18.2 Å². The molecule has 26 heavy (non-hydrogen) atoms. The van der Waals surface area contributed by atoms with Crippen LogP contribution in [0.2, 0.25) is 0 Å². The van der Waals surface area contributed by atoms with Crippen molar-refractivity contribution in [2.24, 2.45) is 0 Å². The molecule has 0 saturated carbocycles. The van der Waals surface area contributed by atoms with E-state index in [1.54, 1.807) is 0 Å². The number of nitrogens with one attached hydrogen (secondary N) is 1. The van der Waals surface area contributed by atoms with Crippen LogP contribution in [0.4, 0.5) is 10.2 Å². The van der Waals surface area contributed by atoms with Gasteiger partial charge in [-0.25, -0.2) is 9.18 Å². The average molecular weight is 357 g/mol. The Bertz CT molecular complexity index is 1040. The highest BCUT2D eigenvalue weighted by Crippen LogP contribution is 2.24. The third kappa shape index (κ3) is 2.65. The van der Waals surface area contributed by atoms with Crippen LogP contribution in [-0.4, -0.2) is 29.0 Å². The number of hydrogen-bond donors (Lipinski definition) is 2. The van der Waals surface area contributed by atoms with Crippen molar-refractivity contribution in [2.45, 2.75) is 0 Å². The molecule has 0 spiro atoms. The summed E-state index contributed by atoms with van der Waals surface area (Å²) in [7, 11) is 0. The summed E-state index contributed by atoms with van der Waals surface area (Å²) in [5, 5.41) is 2.01. The molecule has 0 unspecified atom stereocenters. The minimum Gasteiger partial charge on any atom is -0.458 e. The third-order valence-corrected chi connectivity index (χ3v) is 3.71. The molecule has 1 aromatic heterocycles. The Kier molecular flexibility index (Phi) is 4.13. The molecule has 2 aromatic rings. The average Bonchev–Trinajstić information content (AvgIpc) is 2.87. The minimum atomic E-state index is -0.934. The van der Waals surface area contributed by atoms with E-state index in [4.69, 9.17) is 10.5 Å². The zero-order valence-corrected chi connectivity index (χ0v) is 13.2. The molecule has 1 aromatic carbocycles. The molecule has 2 heterocycles. The highest BCUT2D eigenvalue weighted by molar-refractivity contribution is 6.23. The summed E-state index contributed by atoms with van der Waals surface area (Å²) in [6.45, 7) is 3.36. The summed E-state index contributed by atoms with van der Waals surface area (Å²) in [5.41, 5.74) is 4.31. The van der Waals surface area contributed by atoms with Gasteiger partial charge in [-0.2, -0.15) is 0 Å². The van der Waals surface area contributed by atoms with Gasteiger partial charge in [0.05, 0.1) is 22.4 Å². The molecule has 3 rings (SSSR count). The summed E-state index contributed by atoms with van der Waals surface area (Å²) in [5.74, 6) is -3.61. The van der Waals surface area contributed by atoms with E-state index in [2.05, 4.69) is 6.58 Å². The Morgan fingerprint density at radius 1 is 1.27 bits per heavy atom. The normalized spacial score (nSPS) is 12.5. The van der Waals surface area contributed by atoms with Crippen molar-refractivity contribution in [3.05, 3.63) is 69.8 Å². The van der Waals surface area contributed by atoms with Gasteiger partial charge < -0.3 is 10.5 Å². The van der Waals surface area contributed by atoms with E-state index in [0.29, 0.717) is 0 Å². The maximum atomic E-state index is 14.5. The predicted octanol–water partition coefficient (Wildman–Crippen LogP) is 0.785. The first-order valence-corrected chi connectivity index (χ1v) is 7.34. The largest absolute Gasteiger partial charge is 0.458 e. The number of nitrogens with zero attached hydrogens (tertiary/aromatic N) is 1. The van der Waals surface area contributed by atoms with Gasteiger partial charge in [-0.15, -0.1) is 0 Å². The number of esters is 1. The number of nitrogens with two attached hydrogens (primary N) is 1. The second-order valence-electron chi connectivity index (χ2n) is 5.33. The first-order valence-electron chi connectivity index (χ1n) is 7.34. The zero-order valence-electron chi connectivity index (χ0n) is 13.2. The number of imide groups is 1. The molecule has 132 valence electrons. The lowest BCUT2D eigenvalue weighted by atomic mass is 10.1. The fraction of sp³-hybridized carbons (Fsp3) is 0.0588. The SMILES string of the molecule is C=CCOC(=O)c1ccc(-n2c(N)c3c(cc2=O)C(=O)NC3=O)c(F)c1. The molecule has 0 fully saturated rings. The standard InChI is InChI=1S/C17H12FN3O5/c1-2-5-26-17(25)8-3-4-11(10(18)6-8)21-12(22)7-9-13(14(21)19)16(24)20-15(9)23/h2-4,6-7H,1,5,19H2,(H,20,23,24). The monoisotopic (exact) mass is 357 g/mol. The van der Waals surface area contributed by atoms with E-state index in [1.807, 2.05) is 5.32 Å². The lowest BCUT2D eigenvalue weighted by molar-refractivity contribution is 0.0548. The summed E-state index contributed by atoms with van der Waals surface area (Å²) in [6.07, 6.45) is 1.36. The number of aromatic nitrogens is 1. The number of hydrogen-bond acceptors (Lipinski definition) is 6. The molecular weight excluding hydrogens is 345 g/mol. The number of carbonyl (C=O) groups is 3. The van der Waals surface area contributed by atoms with Crippen LogP contribution in [0.5, 0.6) is 0 Å². The van der Waals surface area contributed by atoms with Gasteiger partial charge in [0.25, 0.3) is 17.4 Å². The van der Waals surface area contributed by atoms with E-state index in [1.165, 1.54) is 12.1 Å². The van der Waals surface area contributed by atoms with Crippen LogP contribution < -0.4 is 16.6 Å². The van der Waals surface area contributed by atoms with E-state index in [9.17, 15) is 23.6 Å². The van der Waals surface area contributed by atoms with Crippen molar-refractivity contribution in [3.63, 3.8) is 0 Å². The molecule has 8 nitrogen and oxygen atoms in total. The molecular formula is C17H12FN3O5. The van der Waals surface area contributed by atoms with Crippen LogP contribution in [-0.2, 0) is 4.74 Å². The summed E-state index contributed by atoms with van der Waals surface area (Å²) in [6, 6.07) is 4.18. The number of nitrogen functional groups attached to an aromatic ring is 1. The van der Waals surface area contributed by atoms with Gasteiger partial charge in [0, 0.05) is 6.07 Å². The predicted molar refractivity (Wildman–Crippen MR) is 88.7 cm³/mol. The van der Waals surface area contributed by atoms with E-state index >= 15 is 0 Å². The van der Waals surface area contributed by atoms with E-state index < -0.39 is 29.2 Å². The summed E-state index contributed by atoms with van der Waals surface area (Å²) in [4.78, 5) is 47.5. The number of halogens is 1. The number of benzene rings is 1.